The van der Waals surface area contributed by atoms with Crippen LogP contribution >= 0.6 is 11.6 Å². The van der Waals surface area contributed by atoms with Gasteiger partial charge in [0.25, 0.3) is 0 Å². The summed E-state index contributed by atoms with van der Waals surface area (Å²) >= 11 is 6.08. The normalized spacial score (nSPS) is 25.8. The molecule has 5 atom stereocenters. The van der Waals surface area contributed by atoms with Crippen molar-refractivity contribution in [2.75, 3.05) is 19.6 Å². The van der Waals surface area contributed by atoms with E-state index in [0.29, 0.717) is 41.0 Å². The number of piperidine rings is 3. The van der Waals surface area contributed by atoms with Crippen LogP contribution in [0.3, 0.4) is 0 Å². The van der Waals surface area contributed by atoms with Gasteiger partial charge in [0.1, 0.15) is 13.1 Å². The van der Waals surface area contributed by atoms with Crippen molar-refractivity contribution >= 4 is 23.4 Å². The Balaban J connectivity index is 1.34. The van der Waals surface area contributed by atoms with Crippen molar-refractivity contribution in [3.8, 4) is 0 Å². The molecule has 0 saturated carbocycles. The van der Waals surface area contributed by atoms with Crippen molar-refractivity contribution in [3.63, 3.8) is 0 Å². The molecule has 0 radical (unpaired) electrons. The highest BCUT2D eigenvalue weighted by molar-refractivity contribution is 6.30. The number of ether oxygens (including phenoxy) is 1. The van der Waals surface area contributed by atoms with E-state index in [1.54, 1.807) is 0 Å². The second kappa shape index (κ2) is 10.6. The van der Waals surface area contributed by atoms with Gasteiger partial charge in [0.15, 0.2) is 6.10 Å². The molecule has 0 aromatic heterocycles. The zero-order chi connectivity index (χ0) is 25.1. The maximum atomic E-state index is 13.7. The van der Waals surface area contributed by atoms with Crippen molar-refractivity contribution in [2.24, 2.45) is 5.92 Å². The fraction of sp³-hybridized carbons (Fsp3) is 0.355. The number of hydrogen-bond donors (Lipinski definition) is 0. The lowest BCUT2D eigenvalue weighted by molar-refractivity contribution is -0.960. The Bertz CT molecular complexity index is 1200. The number of rotatable bonds is 8. The third-order valence-electron chi connectivity index (χ3n) is 8.25. The van der Waals surface area contributed by atoms with Crippen molar-refractivity contribution < 1.29 is 18.8 Å². The molecule has 0 spiro atoms. The number of ketones is 1. The Morgan fingerprint density at radius 1 is 0.972 bits per heavy atom. The summed E-state index contributed by atoms with van der Waals surface area (Å²) in [5, 5.41) is 0.679. The van der Waals surface area contributed by atoms with Crippen molar-refractivity contribution in [1.82, 2.24) is 0 Å². The average Bonchev–Trinajstić information content (AvgIpc) is 2.90. The van der Waals surface area contributed by atoms with Crippen LogP contribution in [0.5, 0.6) is 0 Å². The summed E-state index contributed by atoms with van der Waals surface area (Å²) in [5.74, 6) is -0.0600. The van der Waals surface area contributed by atoms with Gasteiger partial charge in [0.2, 0.25) is 5.78 Å². The predicted octanol–water partition coefficient (Wildman–Crippen LogP) is 6.09. The minimum absolute atomic E-state index is 0.164. The molecule has 3 aliphatic heterocycles. The summed E-state index contributed by atoms with van der Waals surface area (Å²) in [6, 6.07) is 27.4. The van der Waals surface area contributed by atoms with Gasteiger partial charge in [-0.3, -0.25) is 9.59 Å². The first-order chi connectivity index (χ1) is 17.4. The van der Waals surface area contributed by atoms with E-state index < -0.39 is 0 Å². The van der Waals surface area contributed by atoms with Gasteiger partial charge in [0, 0.05) is 29.3 Å². The minimum atomic E-state index is -0.389. The molecule has 5 unspecified atom stereocenters. The van der Waals surface area contributed by atoms with Gasteiger partial charge >= 0.3 is 5.97 Å². The van der Waals surface area contributed by atoms with Crippen LogP contribution in [-0.4, -0.2) is 48.0 Å². The molecule has 5 heteroatoms. The SMILES string of the molecule is CC1CC2CC[N+]1(CC(=O)c1ccccc1)CC2OC(=O)C(Cc1ccc(Cl)cc1)c1ccccc1. The monoisotopic (exact) mass is 502 g/mol. The molecule has 2 bridgehead atoms. The fourth-order valence-corrected chi connectivity index (χ4v) is 6.21. The Labute approximate surface area is 218 Å². The van der Waals surface area contributed by atoms with Gasteiger partial charge in [-0.25, -0.2) is 0 Å². The van der Waals surface area contributed by atoms with Gasteiger partial charge < -0.3 is 9.22 Å². The van der Waals surface area contributed by atoms with E-state index in [4.69, 9.17) is 16.3 Å². The Kier molecular flexibility index (Phi) is 7.27. The fourth-order valence-electron chi connectivity index (χ4n) is 6.08. The summed E-state index contributed by atoms with van der Waals surface area (Å²) in [4.78, 5) is 26.8. The highest BCUT2D eigenvalue weighted by atomic mass is 35.5. The number of esters is 1. The summed E-state index contributed by atoms with van der Waals surface area (Å²) < 4.78 is 7.01. The molecule has 0 N–H and O–H groups in total. The first-order valence-corrected chi connectivity index (χ1v) is 13.3. The largest absolute Gasteiger partial charge is 0.456 e. The Hall–Kier alpha value is -2.95. The molecule has 4 nitrogen and oxygen atoms in total. The molecule has 3 aromatic rings. The predicted molar refractivity (Wildman–Crippen MR) is 142 cm³/mol. The molecule has 3 aromatic carbocycles. The average molecular weight is 503 g/mol. The molecule has 0 amide bonds. The van der Waals surface area contributed by atoms with E-state index in [-0.39, 0.29) is 23.8 Å². The van der Waals surface area contributed by atoms with E-state index in [1.165, 1.54) is 0 Å². The number of nitrogens with zero attached hydrogens (tertiary/aromatic N) is 1. The molecule has 36 heavy (non-hydrogen) atoms. The first-order valence-electron chi connectivity index (χ1n) is 12.9. The molecule has 186 valence electrons. The number of carbonyl (C=O) groups excluding carboxylic acids is 2. The van der Waals surface area contributed by atoms with E-state index in [9.17, 15) is 9.59 Å². The topological polar surface area (TPSA) is 43.4 Å². The number of halogens is 1. The number of carbonyl (C=O) groups is 2. The first kappa shape index (κ1) is 24.7. The lowest BCUT2D eigenvalue weighted by Crippen LogP contribution is -2.69. The van der Waals surface area contributed by atoms with Crippen LogP contribution in [0.25, 0.3) is 0 Å². The van der Waals surface area contributed by atoms with Crippen LogP contribution in [0.1, 0.15) is 47.2 Å². The second-order valence-corrected chi connectivity index (χ2v) is 10.9. The zero-order valence-corrected chi connectivity index (χ0v) is 21.4. The van der Waals surface area contributed by atoms with E-state index in [2.05, 4.69) is 6.92 Å². The third kappa shape index (κ3) is 5.25. The maximum Gasteiger partial charge on any atom is 0.314 e. The molecule has 3 heterocycles. The van der Waals surface area contributed by atoms with Crippen LogP contribution in [0.15, 0.2) is 84.9 Å². The second-order valence-electron chi connectivity index (χ2n) is 10.5. The summed E-state index contributed by atoms with van der Waals surface area (Å²) in [6.45, 7) is 4.37. The van der Waals surface area contributed by atoms with Gasteiger partial charge in [-0.05, 0) is 36.6 Å². The lowest BCUT2D eigenvalue weighted by Gasteiger charge is -2.55. The maximum absolute atomic E-state index is 13.7. The highest BCUT2D eigenvalue weighted by Crippen LogP contribution is 2.40. The Morgan fingerprint density at radius 3 is 2.31 bits per heavy atom. The number of quaternary nitrogens is 1. The van der Waals surface area contributed by atoms with Gasteiger partial charge in [0.05, 0.1) is 18.5 Å². The molecule has 3 fully saturated rings. The van der Waals surface area contributed by atoms with E-state index in [1.807, 2.05) is 84.9 Å². The van der Waals surface area contributed by atoms with Gasteiger partial charge in [-0.2, -0.15) is 0 Å². The summed E-state index contributed by atoms with van der Waals surface area (Å²) in [6.07, 6.45) is 2.35. The van der Waals surface area contributed by atoms with Crippen LogP contribution in [0.2, 0.25) is 5.02 Å². The molecule has 6 rings (SSSR count). The molecule has 0 aliphatic carbocycles. The summed E-state index contributed by atoms with van der Waals surface area (Å²) in [7, 11) is 0. The number of benzene rings is 3. The van der Waals surface area contributed by atoms with Crippen LogP contribution in [0.4, 0.5) is 0 Å². The summed E-state index contributed by atoms with van der Waals surface area (Å²) in [5.41, 5.74) is 2.76. The van der Waals surface area contributed by atoms with Gasteiger partial charge in [-0.15, -0.1) is 0 Å². The zero-order valence-electron chi connectivity index (χ0n) is 20.7. The molecule has 3 saturated heterocycles. The number of hydrogen-bond acceptors (Lipinski definition) is 3. The smallest absolute Gasteiger partial charge is 0.314 e. The van der Waals surface area contributed by atoms with Crippen molar-refractivity contribution in [2.45, 2.75) is 44.2 Å². The van der Waals surface area contributed by atoms with Crippen LogP contribution in [0, 0.1) is 5.92 Å². The highest BCUT2D eigenvalue weighted by Gasteiger charge is 2.52. The van der Waals surface area contributed by atoms with E-state index >= 15 is 0 Å². The third-order valence-corrected chi connectivity index (χ3v) is 8.51. The van der Waals surface area contributed by atoms with Crippen molar-refractivity contribution in [1.29, 1.82) is 0 Å². The Morgan fingerprint density at radius 2 is 1.64 bits per heavy atom. The quantitative estimate of drug-likeness (QED) is 0.213. The number of fused-ring (bicyclic) bond motifs is 3. The molecule has 3 aliphatic rings. The minimum Gasteiger partial charge on any atom is -0.456 e. The number of Topliss-reactive ketones (excluding diaryl/α,β-unsaturated/α-hetero) is 1. The van der Waals surface area contributed by atoms with Gasteiger partial charge in [-0.1, -0.05) is 84.4 Å². The van der Waals surface area contributed by atoms with Crippen LogP contribution in [-0.2, 0) is 16.0 Å². The molecular formula is C31H33ClNO3+. The van der Waals surface area contributed by atoms with E-state index in [0.717, 1.165) is 36.1 Å². The molecular weight excluding hydrogens is 470 g/mol. The lowest BCUT2D eigenvalue weighted by atomic mass is 9.78. The van der Waals surface area contributed by atoms with Crippen LogP contribution < -0.4 is 0 Å². The van der Waals surface area contributed by atoms with Crippen molar-refractivity contribution in [3.05, 3.63) is 107 Å². The standard InChI is InChI=1S/C31H33ClNO3/c1-22-18-26-16-17-33(22,20-29(34)25-10-6-3-7-11-25)21-30(26)36-31(35)28(24-8-4-2-5-9-24)19-23-12-14-27(32)15-13-23/h2-15,22,26,28,30H,16-21H2,1H3/q+1.